The van der Waals surface area contributed by atoms with E-state index in [-0.39, 0.29) is 39.2 Å². The quantitative estimate of drug-likeness (QED) is 0.166. The Balaban J connectivity index is 1.27. The molecule has 3 heterocycles. The molecule has 276 valence electrons. The third-order valence-corrected chi connectivity index (χ3v) is 14.5. The Kier molecular flexibility index (Phi) is 6.46. The number of anilines is 6. The van der Waals surface area contributed by atoms with Gasteiger partial charge in [0.1, 0.15) is 0 Å². The van der Waals surface area contributed by atoms with Gasteiger partial charge in [-0.1, -0.05) is 101 Å². The number of benzene rings is 4. The molecule has 0 amide bonds. The maximum absolute atomic E-state index is 6.71. The second-order valence-electron chi connectivity index (χ2n) is 21.7. The molecule has 5 aliphatic rings. The normalized spacial score (nSPS) is 22.0. The summed E-state index contributed by atoms with van der Waals surface area (Å²) in [6.45, 7) is 31.4. The van der Waals surface area contributed by atoms with E-state index in [0.717, 1.165) is 30.6 Å². The van der Waals surface area contributed by atoms with Crippen LogP contribution in [0.5, 0.6) is 0 Å². The van der Waals surface area contributed by atoms with Gasteiger partial charge in [-0.15, -0.1) is 0 Å². The van der Waals surface area contributed by atoms with Crippen molar-refractivity contribution in [1.29, 1.82) is 0 Å². The molecular weight excluding hydrogens is 655 g/mol. The standard InChI is InChI=1S/C50H57BN2O/c1-29-20-41-43-42(21-29)53(31-15-17-33-35(23-31)48(8,9)27-46(33,4)5)40-25-37-36(49(10,11)28-50(37,12)13)24-38(40)51(43)44-39(18-19-54-44)52(41)30-14-16-32-34(22-30)47(6,7)26-45(32,2)3/h14-25H,26-28H2,1-13H3. The molecule has 4 aromatic carbocycles. The van der Waals surface area contributed by atoms with E-state index < -0.39 is 0 Å². The van der Waals surface area contributed by atoms with E-state index in [0.29, 0.717) is 0 Å². The summed E-state index contributed by atoms with van der Waals surface area (Å²) in [4.78, 5) is 5.14. The fourth-order valence-corrected chi connectivity index (χ4v) is 13.1. The number of furan rings is 1. The summed E-state index contributed by atoms with van der Waals surface area (Å²) in [5.74, 6) is 0. The molecule has 3 nitrogen and oxygen atoms in total. The third kappa shape index (κ3) is 4.43. The Morgan fingerprint density at radius 2 is 0.889 bits per heavy atom. The van der Waals surface area contributed by atoms with Gasteiger partial charge in [0.15, 0.2) is 0 Å². The molecule has 4 heteroatoms. The largest absolute Gasteiger partial charge is 0.476 e. The van der Waals surface area contributed by atoms with E-state index in [4.69, 9.17) is 4.42 Å². The molecule has 3 aliphatic carbocycles. The lowest BCUT2D eigenvalue weighted by Gasteiger charge is -2.43. The summed E-state index contributed by atoms with van der Waals surface area (Å²) in [5.41, 5.74) is 22.0. The van der Waals surface area contributed by atoms with E-state index in [1.165, 1.54) is 78.3 Å². The molecular formula is C50H57BN2O. The van der Waals surface area contributed by atoms with E-state index >= 15 is 0 Å². The average molecular weight is 713 g/mol. The summed E-state index contributed by atoms with van der Waals surface area (Å²) in [6, 6.07) is 26.9. The average Bonchev–Trinajstić information content (AvgIpc) is 3.71. The fourth-order valence-electron chi connectivity index (χ4n) is 13.1. The van der Waals surface area contributed by atoms with Gasteiger partial charge in [-0.25, -0.2) is 0 Å². The molecule has 0 spiro atoms. The summed E-state index contributed by atoms with van der Waals surface area (Å²) >= 11 is 0. The molecule has 54 heavy (non-hydrogen) atoms. The highest BCUT2D eigenvalue weighted by molar-refractivity contribution is 6.99. The number of hydrogen-bond acceptors (Lipinski definition) is 3. The molecule has 0 saturated heterocycles. The Morgan fingerprint density at radius 3 is 1.39 bits per heavy atom. The fraction of sp³-hybridized carbons (Fsp3) is 0.440. The number of nitrogens with zero attached hydrogens (tertiary/aromatic N) is 2. The lowest BCUT2D eigenvalue weighted by Crippen LogP contribution is -2.61. The zero-order valence-electron chi connectivity index (χ0n) is 34.9. The molecule has 2 aliphatic heterocycles. The Hall–Kier alpha value is -4.18. The summed E-state index contributed by atoms with van der Waals surface area (Å²) in [7, 11) is 0. The lowest BCUT2D eigenvalue weighted by atomic mass is 9.35. The van der Waals surface area contributed by atoms with Crippen LogP contribution >= 0.6 is 0 Å². The SMILES string of the molecule is Cc1cc2c3c(c1)N(c1ccc4c(c1)C(C)(C)CC4(C)C)c1ccoc1B3c1cc3c(cc1N2c1ccc2c(c1)C(C)(C)CC2(C)C)C(C)(C)CC3(C)C. The number of rotatable bonds is 2. The monoisotopic (exact) mass is 712 g/mol. The molecule has 0 N–H and O–H groups in total. The van der Waals surface area contributed by atoms with Crippen molar-refractivity contribution in [3.63, 3.8) is 0 Å². The predicted molar refractivity (Wildman–Crippen MR) is 229 cm³/mol. The zero-order chi connectivity index (χ0) is 38.3. The first-order chi connectivity index (χ1) is 25.1. The van der Waals surface area contributed by atoms with Crippen molar-refractivity contribution in [3.05, 3.63) is 112 Å². The van der Waals surface area contributed by atoms with E-state index in [1.54, 1.807) is 0 Å². The van der Waals surface area contributed by atoms with E-state index in [1.807, 2.05) is 6.26 Å². The Morgan fingerprint density at radius 1 is 0.463 bits per heavy atom. The minimum Gasteiger partial charge on any atom is -0.476 e. The van der Waals surface area contributed by atoms with Crippen molar-refractivity contribution in [1.82, 2.24) is 0 Å². The van der Waals surface area contributed by atoms with Crippen LogP contribution in [0.1, 0.15) is 141 Å². The van der Waals surface area contributed by atoms with Gasteiger partial charge in [-0.3, -0.25) is 0 Å². The molecule has 0 fully saturated rings. The maximum atomic E-state index is 6.71. The predicted octanol–water partition coefficient (Wildman–Crippen LogP) is 11.5. The van der Waals surface area contributed by atoms with Gasteiger partial charge in [0.2, 0.25) is 0 Å². The van der Waals surface area contributed by atoms with Crippen molar-refractivity contribution in [3.8, 4) is 0 Å². The van der Waals surface area contributed by atoms with Crippen LogP contribution in [0.2, 0.25) is 0 Å². The van der Waals surface area contributed by atoms with Crippen molar-refractivity contribution in [2.45, 2.75) is 142 Å². The second kappa shape index (κ2) is 10.2. The number of fused-ring (bicyclic) bond motifs is 7. The van der Waals surface area contributed by atoms with Gasteiger partial charge in [0.25, 0.3) is 6.71 Å². The lowest BCUT2D eigenvalue weighted by molar-refractivity contribution is 0.402. The number of aryl methyl sites for hydroxylation is 1. The highest BCUT2D eigenvalue weighted by atomic mass is 16.3. The summed E-state index contributed by atoms with van der Waals surface area (Å²) in [5, 5.41) is 0. The minimum atomic E-state index is -0.0116. The topological polar surface area (TPSA) is 19.6 Å². The molecule has 0 atom stereocenters. The van der Waals surface area contributed by atoms with E-state index in [2.05, 4.69) is 167 Å². The van der Waals surface area contributed by atoms with Gasteiger partial charge >= 0.3 is 0 Å². The van der Waals surface area contributed by atoms with Crippen LogP contribution in [-0.4, -0.2) is 6.71 Å². The first kappa shape index (κ1) is 34.3. The Bertz CT molecular complexity index is 2470. The van der Waals surface area contributed by atoms with Crippen LogP contribution < -0.4 is 26.4 Å². The van der Waals surface area contributed by atoms with Crippen LogP contribution in [0.15, 0.2) is 77.4 Å². The Labute approximate surface area is 324 Å². The van der Waals surface area contributed by atoms with Crippen LogP contribution in [-0.2, 0) is 32.5 Å². The molecule has 0 bridgehead atoms. The van der Waals surface area contributed by atoms with Crippen LogP contribution in [0.25, 0.3) is 0 Å². The molecule has 10 rings (SSSR count). The number of hydrogen-bond donors (Lipinski definition) is 0. The first-order valence-electron chi connectivity index (χ1n) is 20.4. The van der Waals surface area contributed by atoms with Crippen LogP contribution in [0, 0.1) is 6.92 Å². The van der Waals surface area contributed by atoms with Crippen molar-refractivity contribution >= 4 is 57.4 Å². The van der Waals surface area contributed by atoms with Gasteiger partial charge in [-0.2, -0.15) is 0 Å². The molecule has 0 unspecified atom stereocenters. The van der Waals surface area contributed by atoms with Crippen LogP contribution in [0.3, 0.4) is 0 Å². The molecule has 0 saturated carbocycles. The van der Waals surface area contributed by atoms with Crippen LogP contribution in [0.4, 0.5) is 34.1 Å². The van der Waals surface area contributed by atoms with Crippen molar-refractivity contribution in [2.75, 3.05) is 9.80 Å². The molecule has 0 radical (unpaired) electrons. The van der Waals surface area contributed by atoms with Gasteiger partial charge in [0.05, 0.1) is 17.6 Å². The zero-order valence-corrected chi connectivity index (χ0v) is 34.9. The van der Waals surface area contributed by atoms with Crippen molar-refractivity contribution < 1.29 is 4.42 Å². The summed E-state index contributed by atoms with van der Waals surface area (Å²) < 4.78 is 6.71. The highest BCUT2D eigenvalue weighted by Crippen LogP contribution is 2.56. The van der Waals surface area contributed by atoms with Gasteiger partial charge < -0.3 is 14.2 Å². The van der Waals surface area contributed by atoms with Gasteiger partial charge in [-0.05, 0) is 157 Å². The highest BCUT2D eigenvalue weighted by Gasteiger charge is 2.50. The maximum Gasteiger partial charge on any atom is 0.297 e. The second-order valence-corrected chi connectivity index (χ2v) is 21.7. The molecule has 5 aromatic rings. The minimum absolute atomic E-state index is 0.0116. The first-order valence-corrected chi connectivity index (χ1v) is 20.4. The third-order valence-electron chi connectivity index (χ3n) is 14.5. The summed E-state index contributed by atoms with van der Waals surface area (Å²) in [6.07, 6.45) is 5.36. The van der Waals surface area contributed by atoms with Crippen molar-refractivity contribution in [2.24, 2.45) is 0 Å². The smallest absolute Gasteiger partial charge is 0.297 e. The molecule has 1 aromatic heterocycles. The van der Waals surface area contributed by atoms with E-state index in [9.17, 15) is 0 Å². The van der Waals surface area contributed by atoms with Gasteiger partial charge in [0, 0.05) is 28.4 Å².